The number of amides is 1. The van der Waals surface area contributed by atoms with Crippen molar-refractivity contribution >= 4 is 11.6 Å². The highest BCUT2D eigenvalue weighted by Gasteiger charge is 2.13. The summed E-state index contributed by atoms with van der Waals surface area (Å²) >= 11 is 0. The predicted molar refractivity (Wildman–Crippen MR) is 80.0 cm³/mol. The van der Waals surface area contributed by atoms with Crippen LogP contribution < -0.4 is 5.73 Å². The fourth-order valence-electron chi connectivity index (χ4n) is 2.01. The molecule has 0 aliphatic carbocycles. The first-order valence-corrected chi connectivity index (χ1v) is 6.80. The number of likely N-dealkylation sites (N-methyl/N-ethyl adjacent to an activating group) is 1. The fourth-order valence-corrected chi connectivity index (χ4v) is 2.01. The van der Waals surface area contributed by atoms with Crippen LogP contribution in [-0.2, 0) is 11.2 Å². The van der Waals surface area contributed by atoms with Gasteiger partial charge >= 0.3 is 0 Å². The minimum Gasteiger partial charge on any atom is -0.398 e. The molecule has 19 heavy (non-hydrogen) atoms. The first-order valence-electron chi connectivity index (χ1n) is 6.80. The molecule has 0 bridgehead atoms. The Morgan fingerprint density at radius 2 is 1.89 bits per heavy atom. The van der Waals surface area contributed by atoms with E-state index in [1.807, 2.05) is 50.2 Å². The molecule has 0 spiro atoms. The third-order valence-corrected chi connectivity index (χ3v) is 3.16. The lowest BCUT2D eigenvalue weighted by molar-refractivity contribution is -0.130. The summed E-state index contributed by atoms with van der Waals surface area (Å²) in [5.74, 6) is 0.152. The van der Waals surface area contributed by atoms with Crippen molar-refractivity contribution in [2.24, 2.45) is 0 Å². The van der Waals surface area contributed by atoms with Crippen LogP contribution in [0.1, 0.15) is 18.9 Å². The van der Waals surface area contributed by atoms with Crippen LogP contribution in [-0.4, -0.2) is 49.4 Å². The second-order valence-electron chi connectivity index (χ2n) is 5.01. The zero-order valence-corrected chi connectivity index (χ0v) is 12.2. The van der Waals surface area contributed by atoms with Crippen LogP contribution in [0.3, 0.4) is 0 Å². The van der Waals surface area contributed by atoms with Crippen molar-refractivity contribution in [1.29, 1.82) is 0 Å². The quantitative estimate of drug-likeness (QED) is 0.760. The number of nitrogens with two attached hydrogens (primary N) is 1. The van der Waals surface area contributed by atoms with Crippen molar-refractivity contribution in [3.8, 4) is 0 Å². The van der Waals surface area contributed by atoms with Crippen molar-refractivity contribution in [3.05, 3.63) is 29.8 Å². The van der Waals surface area contributed by atoms with Gasteiger partial charge in [-0.1, -0.05) is 18.2 Å². The van der Waals surface area contributed by atoms with E-state index < -0.39 is 0 Å². The molecule has 1 aromatic rings. The standard InChI is InChI=1S/C15H25N3O/c1-4-18(11-7-10-17(2)3)15(19)12-13-8-5-6-9-14(13)16/h5-6,8-9H,4,7,10-12,16H2,1-3H3. The van der Waals surface area contributed by atoms with E-state index in [2.05, 4.69) is 4.90 Å². The van der Waals surface area contributed by atoms with E-state index >= 15 is 0 Å². The Morgan fingerprint density at radius 1 is 1.21 bits per heavy atom. The maximum absolute atomic E-state index is 12.2. The molecule has 0 saturated carbocycles. The zero-order valence-electron chi connectivity index (χ0n) is 12.2. The average molecular weight is 263 g/mol. The highest BCUT2D eigenvalue weighted by Crippen LogP contribution is 2.12. The van der Waals surface area contributed by atoms with Gasteiger partial charge in [0.05, 0.1) is 6.42 Å². The number of rotatable bonds is 7. The maximum atomic E-state index is 12.2. The van der Waals surface area contributed by atoms with Crippen LogP contribution in [0.2, 0.25) is 0 Å². The highest BCUT2D eigenvalue weighted by molar-refractivity contribution is 5.80. The first-order chi connectivity index (χ1) is 9.04. The van der Waals surface area contributed by atoms with E-state index in [-0.39, 0.29) is 5.91 Å². The SMILES string of the molecule is CCN(CCCN(C)C)C(=O)Cc1ccccc1N. The molecule has 0 aliphatic rings. The molecule has 0 aliphatic heterocycles. The third-order valence-electron chi connectivity index (χ3n) is 3.16. The number of anilines is 1. The lowest BCUT2D eigenvalue weighted by Crippen LogP contribution is -2.34. The minimum absolute atomic E-state index is 0.152. The van der Waals surface area contributed by atoms with Crippen LogP contribution in [0.25, 0.3) is 0 Å². The molecular formula is C15H25N3O. The van der Waals surface area contributed by atoms with E-state index in [1.165, 1.54) is 0 Å². The summed E-state index contributed by atoms with van der Waals surface area (Å²) in [6, 6.07) is 7.56. The number of nitrogen functional groups attached to an aromatic ring is 1. The molecule has 0 aromatic heterocycles. The van der Waals surface area contributed by atoms with Gasteiger partial charge in [-0.15, -0.1) is 0 Å². The number of carbonyl (C=O) groups excluding carboxylic acids is 1. The minimum atomic E-state index is 0.152. The summed E-state index contributed by atoms with van der Waals surface area (Å²) in [6.07, 6.45) is 1.39. The molecule has 0 atom stereocenters. The molecule has 1 rings (SSSR count). The molecule has 1 amide bonds. The first kappa shape index (κ1) is 15.5. The Hall–Kier alpha value is -1.55. The van der Waals surface area contributed by atoms with Gasteiger partial charge in [0.2, 0.25) is 5.91 Å². The Morgan fingerprint density at radius 3 is 2.47 bits per heavy atom. The Bertz CT molecular complexity index is 404. The lowest BCUT2D eigenvalue weighted by atomic mass is 10.1. The van der Waals surface area contributed by atoms with E-state index in [0.29, 0.717) is 12.1 Å². The summed E-state index contributed by atoms with van der Waals surface area (Å²) in [4.78, 5) is 16.3. The highest BCUT2D eigenvalue weighted by atomic mass is 16.2. The summed E-state index contributed by atoms with van der Waals surface area (Å²) < 4.78 is 0. The van der Waals surface area contributed by atoms with E-state index in [4.69, 9.17) is 5.73 Å². The largest absolute Gasteiger partial charge is 0.398 e. The second-order valence-corrected chi connectivity index (χ2v) is 5.01. The summed E-state index contributed by atoms with van der Waals surface area (Å²) in [6.45, 7) is 4.57. The molecule has 0 heterocycles. The van der Waals surface area contributed by atoms with Crippen LogP contribution in [0.15, 0.2) is 24.3 Å². The number of carbonyl (C=O) groups is 1. The molecule has 106 valence electrons. The third kappa shape index (κ3) is 5.30. The second kappa shape index (κ2) is 7.79. The van der Waals surface area contributed by atoms with Gasteiger partial charge in [-0.2, -0.15) is 0 Å². The molecule has 0 radical (unpaired) electrons. The number of benzene rings is 1. The van der Waals surface area contributed by atoms with Crippen LogP contribution in [0.5, 0.6) is 0 Å². The normalized spacial score (nSPS) is 10.7. The van der Waals surface area contributed by atoms with E-state index in [1.54, 1.807) is 0 Å². The van der Waals surface area contributed by atoms with E-state index in [9.17, 15) is 4.79 Å². The fraction of sp³-hybridized carbons (Fsp3) is 0.533. The van der Waals surface area contributed by atoms with E-state index in [0.717, 1.165) is 31.6 Å². The van der Waals surface area contributed by atoms with Crippen LogP contribution >= 0.6 is 0 Å². The number of hydrogen-bond acceptors (Lipinski definition) is 3. The van der Waals surface area contributed by atoms with Crippen molar-refractivity contribution in [2.75, 3.05) is 39.5 Å². The Labute approximate surface area is 116 Å². The number of para-hydroxylation sites is 1. The topological polar surface area (TPSA) is 49.6 Å². The summed E-state index contributed by atoms with van der Waals surface area (Å²) in [5, 5.41) is 0. The van der Waals surface area contributed by atoms with Crippen molar-refractivity contribution in [1.82, 2.24) is 9.80 Å². The average Bonchev–Trinajstić information content (AvgIpc) is 2.37. The predicted octanol–water partition coefficient (Wildman–Crippen LogP) is 1.61. The molecule has 4 heteroatoms. The smallest absolute Gasteiger partial charge is 0.227 e. The molecule has 0 fully saturated rings. The number of hydrogen-bond donors (Lipinski definition) is 1. The van der Waals surface area contributed by atoms with Crippen LogP contribution in [0, 0.1) is 0 Å². The van der Waals surface area contributed by atoms with Crippen molar-refractivity contribution in [3.63, 3.8) is 0 Å². The zero-order chi connectivity index (χ0) is 14.3. The van der Waals surface area contributed by atoms with Gasteiger partial charge < -0.3 is 15.5 Å². The monoisotopic (exact) mass is 263 g/mol. The molecule has 0 unspecified atom stereocenters. The molecule has 1 aromatic carbocycles. The van der Waals surface area contributed by atoms with Crippen LogP contribution in [0.4, 0.5) is 5.69 Å². The summed E-state index contributed by atoms with van der Waals surface area (Å²) in [7, 11) is 4.09. The van der Waals surface area contributed by atoms with Gasteiger partial charge in [-0.05, 0) is 45.6 Å². The van der Waals surface area contributed by atoms with Crippen molar-refractivity contribution < 1.29 is 4.79 Å². The van der Waals surface area contributed by atoms with Crippen molar-refractivity contribution in [2.45, 2.75) is 19.8 Å². The molecule has 4 nitrogen and oxygen atoms in total. The lowest BCUT2D eigenvalue weighted by Gasteiger charge is -2.22. The molecular weight excluding hydrogens is 238 g/mol. The van der Waals surface area contributed by atoms with Gasteiger partial charge in [0.1, 0.15) is 0 Å². The van der Waals surface area contributed by atoms with Gasteiger partial charge in [-0.3, -0.25) is 4.79 Å². The molecule has 0 saturated heterocycles. The van der Waals surface area contributed by atoms with Gasteiger partial charge in [0.15, 0.2) is 0 Å². The van der Waals surface area contributed by atoms with Gasteiger partial charge in [0, 0.05) is 18.8 Å². The van der Waals surface area contributed by atoms with Gasteiger partial charge in [-0.25, -0.2) is 0 Å². The maximum Gasteiger partial charge on any atom is 0.227 e. The Kier molecular flexibility index (Phi) is 6.36. The summed E-state index contributed by atoms with van der Waals surface area (Å²) in [5.41, 5.74) is 7.48. The Balaban J connectivity index is 2.52. The molecule has 2 N–H and O–H groups in total. The number of nitrogens with zero attached hydrogens (tertiary/aromatic N) is 2. The van der Waals surface area contributed by atoms with Gasteiger partial charge in [0.25, 0.3) is 0 Å².